The minimum Gasteiger partial charge on any atom is -0.497 e. The summed E-state index contributed by atoms with van der Waals surface area (Å²) < 4.78 is 42.6. The first kappa shape index (κ1) is 15.4. The Kier molecular flexibility index (Phi) is 4.53. The molecule has 0 heterocycles. The summed E-state index contributed by atoms with van der Waals surface area (Å²) in [6, 6.07) is 13.4. The Balaban J connectivity index is 2.51. The van der Waals surface area contributed by atoms with Gasteiger partial charge in [-0.25, -0.2) is 4.99 Å². The van der Waals surface area contributed by atoms with E-state index in [2.05, 4.69) is 4.99 Å². The van der Waals surface area contributed by atoms with Crippen LogP contribution >= 0.6 is 11.6 Å². The minimum atomic E-state index is -4.66. The van der Waals surface area contributed by atoms with E-state index in [0.29, 0.717) is 16.9 Å². The number of methoxy groups -OCH3 is 1. The Hall–Kier alpha value is -2.01. The van der Waals surface area contributed by atoms with E-state index in [4.69, 9.17) is 16.3 Å². The summed E-state index contributed by atoms with van der Waals surface area (Å²) in [6.07, 6.45) is -4.66. The third kappa shape index (κ3) is 3.76. The van der Waals surface area contributed by atoms with Crippen LogP contribution in [0.25, 0.3) is 11.1 Å². The van der Waals surface area contributed by atoms with Gasteiger partial charge in [-0.05, 0) is 23.8 Å². The second-order valence-electron chi connectivity index (χ2n) is 4.15. The Morgan fingerprint density at radius 1 is 1.10 bits per heavy atom. The standard InChI is InChI=1S/C15H11ClF3NO/c1-21-11-6-4-5-10(9-11)12-7-2-3-8-13(12)20-14(16)15(17,18)19/h2-9H,1H3. The molecule has 0 aromatic heterocycles. The van der Waals surface area contributed by atoms with Crippen LogP contribution in [-0.4, -0.2) is 18.5 Å². The molecule has 0 aliphatic heterocycles. The molecule has 0 radical (unpaired) electrons. The van der Waals surface area contributed by atoms with Crippen LogP contribution in [0.2, 0.25) is 0 Å². The van der Waals surface area contributed by atoms with Crippen LogP contribution in [0.4, 0.5) is 18.9 Å². The fourth-order valence-electron chi connectivity index (χ4n) is 1.77. The Morgan fingerprint density at radius 2 is 1.81 bits per heavy atom. The SMILES string of the molecule is COc1cccc(-c2ccccc2N=C(Cl)C(F)(F)F)c1. The van der Waals surface area contributed by atoms with E-state index in [1.165, 1.54) is 13.2 Å². The zero-order chi connectivity index (χ0) is 15.5. The zero-order valence-electron chi connectivity index (χ0n) is 11.0. The lowest BCUT2D eigenvalue weighted by molar-refractivity contribution is -0.0558. The molecule has 0 aliphatic carbocycles. The van der Waals surface area contributed by atoms with Crippen LogP contribution < -0.4 is 4.74 Å². The lowest BCUT2D eigenvalue weighted by Gasteiger charge is -2.09. The van der Waals surface area contributed by atoms with Crippen LogP contribution in [0.3, 0.4) is 0 Å². The van der Waals surface area contributed by atoms with E-state index in [9.17, 15) is 13.2 Å². The van der Waals surface area contributed by atoms with Gasteiger partial charge in [-0.3, -0.25) is 0 Å². The van der Waals surface area contributed by atoms with Gasteiger partial charge in [-0.1, -0.05) is 41.9 Å². The van der Waals surface area contributed by atoms with E-state index >= 15 is 0 Å². The first-order valence-corrected chi connectivity index (χ1v) is 6.34. The van der Waals surface area contributed by atoms with Crippen molar-refractivity contribution >= 4 is 22.5 Å². The molecule has 0 fully saturated rings. The summed E-state index contributed by atoms with van der Waals surface area (Å²) in [6.45, 7) is 0. The van der Waals surface area contributed by atoms with Crippen molar-refractivity contribution in [2.75, 3.05) is 7.11 Å². The van der Waals surface area contributed by atoms with Gasteiger partial charge in [-0.15, -0.1) is 0 Å². The first-order chi connectivity index (χ1) is 9.91. The van der Waals surface area contributed by atoms with Crippen LogP contribution in [0.5, 0.6) is 5.75 Å². The Bertz CT molecular complexity index is 668. The Morgan fingerprint density at radius 3 is 2.48 bits per heavy atom. The number of rotatable bonds is 3. The number of hydrogen-bond donors (Lipinski definition) is 0. The fourth-order valence-corrected chi connectivity index (χ4v) is 1.87. The fraction of sp³-hybridized carbons (Fsp3) is 0.133. The molecule has 6 heteroatoms. The summed E-state index contributed by atoms with van der Waals surface area (Å²) in [5.74, 6) is 0.605. The van der Waals surface area contributed by atoms with Crippen molar-refractivity contribution in [3.63, 3.8) is 0 Å². The zero-order valence-corrected chi connectivity index (χ0v) is 11.7. The molecule has 21 heavy (non-hydrogen) atoms. The van der Waals surface area contributed by atoms with Crippen molar-refractivity contribution < 1.29 is 17.9 Å². The maximum Gasteiger partial charge on any atom is 0.444 e. The molecule has 0 amide bonds. The lowest BCUT2D eigenvalue weighted by Crippen LogP contribution is -2.16. The number of hydrogen-bond acceptors (Lipinski definition) is 2. The molecular formula is C15H11ClF3NO. The molecule has 0 bridgehead atoms. The van der Waals surface area contributed by atoms with Crippen molar-refractivity contribution in [3.8, 4) is 16.9 Å². The van der Waals surface area contributed by atoms with Crippen molar-refractivity contribution in [2.45, 2.75) is 6.18 Å². The first-order valence-electron chi connectivity index (χ1n) is 5.96. The molecular weight excluding hydrogens is 303 g/mol. The average molecular weight is 314 g/mol. The summed E-state index contributed by atoms with van der Waals surface area (Å²) >= 11 is 5.21. The predicted octanol–water partition coefficient (Wildman–Crippen LogP) is 5.19. The number of aliphatic imine (C=N–C) groups is 1. The molecule has 0 unspecified atom stereocenters. The Labute approximate surface area is 124 Å². The molecule has 2 rings (SSSR count). The van der Waals surface area contributed by atoms with Gasteiger partial charge in [0.15, 0.2) is 0 Å². The number of alkyl halides is 3. The summed E-state index contributed by atoms with van der Waals surface area (Å²) in [5, 5.41) is -1.40. The second kappa shape index (κ2) is 6.18. The van der Waals surface area contributed by atoms with E-state index < -0.39 is 11.3 Å². The molecule has 0 spiro atoms. The van der Waals surface area contributed by atoms with Gasteiger partial charge in [0.1, 0.15) is 5.75 Å². The van der Waals surface area contributed by atoms with Gasteiger partial charge in [0.2, 0.25) is 5.17 Å². The number of para-hydroxylation sites is 1. The van der Waals surface area contributed by atoms with Gasteiger partial charge in [0.25, 0.3) is 0 Å². The highest BCUT2D eigenvalue weighted by Gasteiger charge is 2.34. The molecule has 110 valence electrons. The molecule has 2 nitrogen and oxygen atoms in total. The van der Waals surface area contributed by atoms with Crippen molar-refractivity contribution in [2.24, 2.45) is 4.99 Å². The highest BCUT2D eigenvalue weighted by Crippen LogP contribution is 2.33. The largest absolute Gasteiger partial charge is 0.497 e. The van der Waals surface area contributed by atoms with Crippen LogP contribution in [0.1, 0.15) is 0 Å². The average Bonchev–Trinajstić information content (AvgIpc) is 2.47. The molecule has 0 atom stereocenters. The van der Waals surface area contributed by atoms with E-state index in [-0.39, 0.29) is 5.69 Å². The minimum absolute atomic E-state index is 0.146. The van der Waals surface area contributed by atoms with Gasteiger partial charge >= 0.3 is 6.18 Å². The molecule has 0 N–H and O–H groups in total. The maximum atomic E-state index is 12.5. The van der Waals surface area contributed by atoms with E-state index in [1.54, 1.807) is 42.5 Å². The normalized spacial score (nSPS) is 12.3. The van der Waals surface area contributed by atoms with Gasteiger partial charge in [0, 0.05) is 5.56 Å². The van der Waals surface area contributed by atoms with Crippen molar-refractivity contribution in [1.29, 1.82) is 0 Å². The summed E-state index contributed by atoms with van der Waals surface area (Å²) in [7, 11) is 1.52. The molecule has 0 saturated heterocycles. The third-order valence-electron chi connectivity index (χ3n) is 2.74. The number of nitrogens with zero attached hydrogens (tertiary/aromatic N) is 1. The molecule has 2 aromatic carbocycles. The van der Waals surface area contributed by atoms with Crippen LogP contribution in [0, 0.1) is 0 Å². The third-order valence-corrected chi connectivity index (χ3v) is 3.04. The van der Waals surface area contributed by atoms with E-state index in [1.807, 2.05) is 0 Å². The summed E-state index contributed by atoms with van der Waals surface area (Å²) in [4.78, 5) is 3.48. The van der Waals surface area contributed by atoms with Gasteiger partial charge < -0.3 is 4.74 Å². The van der Waals surface area contributed by atoms with Crippen molar-refractivity contribution in [3.05, 3.63) is 48.5 Å². The van der Waals surface area contributed by atoms with Crippen molar-refractivity contribution in [1.82, 2.24) is 0 Å². The summed E-state index contributed by atoms with van der Waals surface area (Å²) in [5.41, 5.74) is 1.38. The second-order valence-corrected chi connectivity index (χ2v) is 4.51. The van der Waals surface area contributed by atoms with E-state index in [0.717, 1.165) is 0 Å². The molecule has 0 aliphatic rings. The number of ether oxygens (including phenoxy) is 1. The molecule has 2 aromatic rings. The maximum absolute atomic E-state index is 12.5. The highest BCUT2D eigenvalue weighted by molar-refractivity contribution is 6.67. The van der Waals surface area contributed by atoms with Gasteiger partial charge in [-0.2, -0.15) is 13.2 Å². The predicted molar refractivity (Wildman–Crippen MR) is 77.4 cm³/mol. The number of halogens is 4. The van der Waals surface area contributed by atoms with Gasteiger partial charge in [0.05, 0.1) is 12.8 Å². The number of benzene rings is 2. The monoisotopic (exact) mass is 313 g/mol. The highest BCUT2D eigenvalue weighted by atomic mass is 35.5. The lowest BCUT2D eigenvalue weighted by atomic mass is 10.0. The van der Waals surface area contributed by atoms with Crippen LogP contribution in [-0.2, 0) is 0 Å². The quantitative estimate of drug-likeness (QED) is 0.714. The smallest absolute Gasteiger partial charge is 0.444 e. The molecule has 0 saturated carbocycles. The van der Waals surface area contributed by atoms with Crippen LogP contribution in [0.15, 0.2) is 53.5 Å². The topological polar surface area (TPSA) is 21.6 Å².